The number of nitrogens with one attached hydrogen (secondary N) is 2. The van der Waals surface area contributed by atoms with E-state index in [0.29, 0.717) is 22.0 Å². The summed E-state index contributed by atoms with van der Waals surface area (Å²) in [5, 5.41) is 5.56. The lowest BCUT2D eigenvalue weighted by molar-refractivity contribution is 0.0549. The van der Waals surface area contributed by atoms with Crippen molar-refractivity contribution in [2.24, 2.45) is 0 Å². The van der Waals surface area contributed by atoms with Crippen LogP contribution in [-0.4, -0.2) is 23.6 Å². The molecule has 0 fully saturated rings. The number of benzene rings is 1. The topological polar surface area (TPSA) is 80.3 Å². The molecule has 2 rings (SSSR count). The fraction of sp³-hybridized carbons (Fsp3) is 0.167. The highest BCUT2D eigenvalue weighted by Crippen LogP contribution is 2.23. The van der Waals surface area contributed by atoms with Gasteiger partial charge < -0.3 is 15.4 Å². The van der Waals surface area contributed by atoms with E-state index in [4.69, 9.17) is 16.3 Å². The average molecular weight is 360 g/mol. The van der Waals surface area contributed by atoms with E-state index in [2.05, 4.69) is 15.6 Å². The SMILES string of the molecule is CC(C)=CCOC(=O)c1ccc(Cl)c(NC(=O)Nc2ccncc2)c1. The van der Waals surface area contributed by atoms with Crippen LogP contribution in [0.3, 0.4) is 0 Å². The smallest absolute Gasteiger partial charge is 0.338 e. The summed E-state index contributed by atoms with van der Waals surface area (Å²) in [4.78, 5) is 27.9. The summed E-state index contributed by atoms with van der Waals surface area (Å²) in [6.07, 6.45) is 4.92. The first kappa shape index (κ1) is 18.5. The van der Waals surface area contributed by atoms with Crippen LogP contribution in [0, 0.1) is 0 Å². The molecule has 0 atom stereocenters. The maximum Gasteiger partial charge on any atom is 0.338 e. The molecule has 0 aliphatic rings. The van der Waals surface area contributed by atoms with E-state index in [1.54, 1.807) is 36.7 Å². The third-order valence-corrected chi connectivity index (χ3v) is 3.42. The maximum absolute atomic E-state index is 12.0. The Hall–Kier alpha value is -2.86. The van der Waals surface area contributed by atoms with Gasteiger partial charge in [0.05, 0.1) is 16.3 Å². The molecule has 0 aliphatic carbocycles. The highest BCUT2D eigenvalue weighted by molar-refractivity contribution is 6.34. The Morgan fingerprint density at radius 3 is 2.56 bits per heavy atom. The van der Waals surface area contributed by atoms with E-state index >= 15 is 0 Å². The summed E-state index contributed by atoms with van der Waals surface area (Å²) >= 11 is 6.08. The molecule has 0 saturated heterocycles. The van der Waals surface area contributed by atoms with Gasteiger partial charge in [0.2, 0.25) is 0 Å². The van der Waals surface area contributed by atoms with Gasteiger partial charge in [-0.2, -0.15) is 0 Å². The van der Waals surface area contributed by atoms with Crippen molar-refractivity contribution in [3.63, 3.8) is 0 Å². The lowest BCUT2D eigenvalue weighted by Crippen LogP contribution is -2.20. The van der Waals surface area contributed by atoms with Gasteiger partial charge in [-0.3, -0.25) is 4.98 Å². The second kappa shape index (κ2) is 8.84. The number of aromatic nitrogens is 1. The predicted molar refractivity (Wildman–Crippen MR) is 98.0 cm³/mol. The minimum Gasteiger partial charge on any atom is -0.458 e. The Morgan fingerprint density at radius 2 is 1.88 bits per heavy atom. The van der Waals surface area contributed by atoms with Crippen LogP contribution >= 0.6 is 11.6 Å². The Bertz CT molecular complexity index is 787. The van der Waals surface area contributed by atoms with E-state index in [1.165, 1.54) is 12.1 Å². The van der Waals surface area contributed by atoms with Gasteiger partial charge in [-0.25, -0.2) is 9.59 Å². The Morgan fingerprint density at radius 1 is 1.16 bits per heavy atom. The van der Waals surface area contributed by atoms with Gasteiger partial charge in [0.15, 0.2) is 0 Å². The monoisotopic (exact) mass is 359 g/mol. The summed E-state index contributed by atoms with van der Waals surface area (Å²) in [5.74, 6) is -0.494. The third kappa shape index (κ3) is 5.93. The number of urea groups is 1. The summed E-state index contributed by atoms with van der Waals surface area (Å²) in [6.45, 7) is 4.02. The van der Waals surface area contributed by atoms with Crippen molar-refractivity contribution in [3.05, 3.63) is 65.0 Å². The lowest BCUT2D eigenvalue weighted by Gasteiger charge is -2.10. The average Bonchev–Trinajstić information content (AvgIpc) is 2.57. The third-order valence-electron chi connectivity index (χ3n) is 3.09. The lowest BCUT2D eigenvalue weighted by atomic mass is 10.2. The van der Waals surface area contributed by atoms with E-state index in [0.717, 1.165) is 5.57 Å². The number of pyridine rings is 1. The van der Waals surface area contributed by atoms with Gasteiger partial charge >= 0.3 is 12.0 Å². The number of carbonyl (C=O) groups excluding carboxylic acids is 2. The fourth-order valence-corrected chi connectivity index (χ4v) is 2.00. The van der Waals surface area contributed by atoms with Gasteiger partial charge in [-0.05, 0) is 50.3 Å². The van der Waals surface area contributed by atoms with Crippen molar-refractivity contribution in [3.8, 4) is 0 Å². The second-order valence-electron chi connectivity index (χ2n) is 5.39. The molecule has 7 heteroatoms. The molecule has 0 unspecified atom stereocenters. The number of esters is 1. The van der Waals surface area contributed by atoms with Crippen molar-refractivity contribution in [2.75, 3.05) is 17.2 Å². The molecular formula is C18H18ClN3O3. The number of carbonyl (C=O) groups is 2. The van der Waals surface area contributed by atoms with Gasteiger partial charge in [0, 0.05) is 18.1 Å². The summed E-state index contributed by atoms with van der Waals surface area (Å²) in [6, 6.07) is 7.36. The molecule has 0 saturated carbocycles. The molecule has 25 heavy (non-hydrogen) atoms. The molecule has 1 aromatic heterocycles. The van der Waals surface area contributed by atoms with E-state index in [-0.39, 0.29) is 6.61 Å². The van der Waals surface area contributed by atoms with Crippen LogP contribution in [0.5, 0.6) is 0 Å². The Kier molecular flexibility index (Phi) is 6.54. The molecule has 2 aromatic rings. The quantitative estimate of drug-likeness (QED) is 0.608. The maximum atomic E-state index is 12.0. The standard InChI is InChI=1S/C18H18ClN3O3/c1-12(2)7-10-25-17(23)13-3-4-15(19)16(11-13)22-18(24)21-14-5-8-20-9-6-14/h3-9,11H,10H2,1-2H3,(H2,20,21,22,24). The summed E-state index contributed by atoms with van der Waals surface area (Å²) < 4.78 is 5.14. The van der Waals surface area contributed by atoms with Crippen LogP contribution < -0.4 is 10.6 Å². The number of nitrogens with zero attached hydrogens (tertiary/aromatic N) is 1. The first-order valence-corrected chi connectivity index (χ1v) is 7.91. The number of anilines is 2. The van der Waals surface area contributed by atoms with Gasteiger partial charge in [-0.15, -0.1) is 0 Å². The van der Waals surface area contributed by atoms with Crippen LogP contribution in [0.15, 0.2) is 54.4 Å². The number of allylic oxidation sites excluding steroid dienone is 1. The molecule has 1 heterocycles. The minimum atomic E-state index is -0.494. The zero-order valence-corrected chi connectivity index (χ0v) is 14.6. The molecule has 0 radical (unpaired) electrons. The largest absolute Gasteiger partial charge is 0.458 e. The number of hydrogen-bond donors (Lipinski definition) is 2. The fourth-order valence-electron chi connectivity index (χ4n) is 1.84. The van der Waals surface area contributed by atoms with E-state index < -0.39 is 12.0 Å². The van der Waals surface area contributed by atoms with Crippen LogP contribution in [0.2, 0.25) is 5.02 Å². The van der Waals surface area contributed by atoms with Crippen molar-refractivity contribution >= 4 is 35.0 Å². The molecule has 130 valence electrons. The van der Waals surface area contributed by atoms with E-state index in [1.807, 2.05) is 13.8 Å². The molecule has 6 nitrogen and oxygen atoms in total. The number of halogens is 1. The molecular weight excluding hydrogens is 342 g/mol. The highest BCUT2D eigenvalue weighted by Gasteiger charge is 2.12. The Labute approximate surface area is 150 Å². The van der Waals surface area contributed by atoms with Gasteiger partial charge in [0.1, 0.15) is 6.61 Å². The van der Waals surface area contributed by atoms with E-state index in [9.17, 15) is 9.59 Å². The van der Waals surface area contributed by atoms with Crippen molar-refractivity contribution in [1.82, 2.24) is 4.98 Å². The minimum absolute atomic E-state index is 0.190. The van der Waals surface area contributed by atoms with Crippen LogP contribution in [0.1, 0.15) is 24.2 Å². The first-order chi connectivity index (χ1) is 12.0. The van der Waals surface area contributed by atoms with Crippen LogP contribution in [0.25, 0.3) is 0 Å². The number of amides is 2. The zero-order chi connectivity index (χ0) is 18.2. The van der Waals surface area contributed by atoms with Crippen LogP contribution in [-0.2, 0) is 4.74 Å². The first-order valence-electron chi connectivity index (χ1n) is 7.54. The molecule has 2 N–H and O–H groups in total. The molecule has 1 aromatic carbocycles. The van der Waals surface area contributed by atoms with Crippen LogP contribution in [0.4, 0.5) is 16.2 Å². The second-order valence-corrected chi connectivity index (χ2v) is 5.80. The predicted octanol–water partition coefficient (Wildman–Crippen LogP) is 4.50. The van der Waals surface area contributed by atoms with Crippen molar-refractivity contribution in [2.45, 2.75) is 13.8 Å². The van der Waals surface area contributed by atoms with Crippen molar-refractivity contribution in [1.29, 1.82) is 0 Å². The molecule has 0 bridgehead atoms. The number of ether oxygens (including phenoxy) is 1. The Balaban J connectivity index is 2.04. The summed E-state index contributed by atoms with van der Waals surface area (Å²) in [7, 11) is 0. The number of rotatable bonds is 5. The highest BCUT2D eigenvalue weighted by atomic mass is 35.5. The molecule has 0 aliphatic heterocycles. The zero-order valence-electron chi connectivity index (χ0n) is 13.9. The van der Waals surface area contributed by atoms with Gasteiger partial charge in [0.25, 0.3) is 0 Å². The van der Waals surface area contributed by atoms with Crippen molar-refractivity contribution < 1.29 is 14.3 Å². The molecule has 2 amide bonds. The van der Waals surface area contributed by atoms with Gasteiger partial charge in [-0.1, -0.05) is 17.2 Å². The molecule has 0 spiro atoms. The number of hydrogen-bond acceptors (Lipinski definition) is 4. The normalized spacial score (nSPS) is 9.88. The summed E-state index contributed by atoms with van der Waals surface area (Å²) in [5.41, 5.74) is 2.25.